The Morgan fingerprint density at radius 1 is 1.06 bits per heavy atom. The van der Waals surface area contributed by atoms with Crippen LogP contribution < -0.4 is 15.5 Å². The van der Waals surface area contributed by atoms with Crippen LogP contribution in [0.2, 0.25) is 5.02 Å². The van der Waals surface area contributed by atoms with Gasteiger partial charge in [0.2, 0.25) is 5.91 Å². The molecule has 3 aromatic carbocycles. The zero-order valence-corrected chi connectivity index (χ0v) is 19.7. The van der Waals surface area contributed by atoms with Gasteiger partial charge in [-0.25, -0.2) is 4.39 Å². The fourth-order valence-electron chi connectivity index (χ4n) is 4.28. The highest BCUT2D eigenvalue weighted by molar-refractivity contribution is 6.30. The Bertz CT molecular complexity index is 1200. The maximum atomic E-state index is 13.5. The van der Waals surface area contributed by atoms with E-state index in [1.807, 2.05) is 31.2 Å². The van der Waals surface area contributed by atoms with Crippen molar-refractivity contribution in [1.29, 1.82) is 0 Å². The molecule has 1 heterocycles. The number of anilines is 1. The molecule has 2 amide bonds. The number of aryl methyl sites for hydroxylation is 1. The van der Waals surface area contributed by atoms with Gasteiger partial charge in [0.25, 0.3) is 5.91 Å². The average Bonchev–Trinajstić information content (AvgIpc) is 3.21. The van der Waals surface area contributed by atoms with E-state index >= 15 is 0 Å². The minimum Gasteiger partial charge on any atom is -0.369 e. The Morgan fingerprint density at radius 3 is 2.68 bits per heavy atom. The van der Waals surface area contributed by atoms with Gasteiger partial charge < -0.3 is 15.5 Å². The molecule has 0 radical (unpaired) electrons. The maximum absolute atomic E-state index is 13.5. The second-order valence-corrected chi connectivity index (χ2v) is 8.92. The third-order valence-corrected chi connectivity index (χ3v) is 6.26. The van der Waals surface area contributed by atoms with Crippen LogP contribution in [0.4, 0.5) is 10.1 Å². The summed E-state index contributed by atoms with van der Waals surface area (Å²) in [5.74, 6) is -1.24. The van der Waals surface area contributed by atoms with Crippen molar-refractivity contribution in [3.63, 3.8) is 0 Å². The predicted octanol–water partition coefficient (Wildman–Crippen LogP) is 4.48. The summed E-state index contributed by atoms with van der Waals surface area (Å²) in [7, 11) is 0. The van der Waals surface area contributed by atoms with Crippen LogP contribution in [-0.2, 0) is 11.2 Å². The Kier molecular flexibility index (Phi) is 7.48. The van der Waals surface area contributed by atoms with E-state index in [9.17, 15) is 14.0 Å². The monoisotopic (exact) mass is 479 g/mol. The quantitative estimate of drug-likeness (QED) is 0.500. The number of halogens is 2. The van der Waals surface area contributed by atoms with Crippen molar-refractivity contribution < 1.29 is 14.0 Å². The lowest BCUT2D eigenvalue weighted by molar-refractivity contribution is -0.122. The van der Waals surface area contributed by atoms with Crippen molar-refractivity contribution in [3.8, 4) is 0 Å². The largest absolute Gasteiger partial charge is 0.369 e. The third-order valence-electron chi connectivity index (χ3n) is 6.03. The normalized spacial score (nSPS) is 13.3. The van der Waals surface area contributed by atoms with Crippen LogP contribution in [0.25, 0.3) is 0 Å². The number of rotatable bonds is 8. The Labute approximate surface area is 203 Å². The number of nitrogens with one attached hydrogen (secondary N) is 2. The smallest absolute Gasteiger partial charge is 0.251 e. The van der Waals surface area contributed by atoms with E-state index in [0.717, 1.165) is 35.3 Å². The summed E-state index contributed by atoms with van der Waals surface area (Å²) >= 11 is 6.17. The molecular formula is C27H27ClFN3O2. The summed E-state index contributed by atoms with van der Waals surface area (Å²) in [4.78, 5) is 27.9. The van der Waals surface area contributed by atoms with Gasteiger partial charge in [0.1, 0.15) is 5.82 Å². The standard InChI is InChI=1S/C27H27ClFN3O2/c1-18-4-2-6-21(14-18)26(33)31-17-24(19-5-3-7-22(28)15-19)27(34)30-11-13-32-12-10-20-16-23(29)8-9-25(20)32/h2-9,14-16,24H,10-13,17H2,1H3,(H,30,34)(H,31,33)/t24-/m0/s1. The molecule has 0 unspecified atom stereocenters. The summed E-state index contributed by atoms with van der Waals surface area (Å²) in [6, 6.07) is 19.2. The van der Waals surface area contributed by atoms with E-state index in [0.29, 0.717) is 23.7 Å². The molecule has 0 bridgehead atoms. The van der Waals surface area contributed by atoms with Gasteiger partial charge in [-0.05, 0) is 66.9 Å². The first kappa shape index (κ1) is 23.8. The number of amides is 2. The van der Waals surface area contributed by atoms with Gasteiger partial charge in [0.05, 0.1) is 5.92 Å². The van der Waals surface area contributed by atoms with Gasteiger partial charge in [-0.3, -0.25) is 9.59 Å². The van der Waals surface area contributed by atoms with Crippen molar-refractivity contribution in [1.82, 2.24) is 10.6 Å². The first-order valence-corrected chi connectivity index (χ1v) is 11.7. The number of nitrogens with zero attached hydrogens (tertiary/aromatic N) is 1. The zero-order valence-electron chi connectivity index (χ0n) is 19.0. The number of carbonyl (C=O) groups is 2. The second kappa shape index (κ2) is 10.7. The number of benzene rings is 3. The van der Waals surface area contributed by atoms with Crippen LogP contribution in [-0.4, -0.2) is 38.0 Å². The van der Waals surface area contributed by atoms with Crippen molar-refractivity contribution in [2.75, 3.05) is 31.1 Å². The first-order valence-electron chi connectivity index (χ1n) is 11.3. The summed E-state index contributed by atoms with van der Waals surface area (Å²) in [5, 5.41) is 6.41. The minimum atomic E-state index is -0.590. The summed E-state index contributed by atoms with van der Waals surface area (Å²) in [6.07, 6.45) is 0.789. The molecule has 0 fully saturated rings. The highest BCUT2D eigenvalue weighted by Crippen LogP contribution is 2.28. The van der Waals surface area contributed by atoms with Gasteiger partial charge in [-0.2, -0.15) is 0 Å². The summed E-state index contributed by atoms with van der Waals surface area (Å²) in [5.41, 5.74) is 4.27. The number of fused-ring (bicyclic) bond motifs is 1. The lowest BCUT2D eigenvalue weighted by Crippen LogP contribution is -2.40. The molecule has 4 rings (SSSR count). The molecule has 1 atom stereocenters. The number of hydrogen-bond donors (Lipinski definition) is 2. The van der Waals surface area contributed by atoms with Crippen LogP contribution in [0.3, 0.4) is 0 Å². The van der Waals surface area contributed by atoms with Crippen LogP contribution in [0, 0.1) is 12.7 Å². The molecule has 3 aromatic rings. The lowest BCUT2D eigenvalue weighted by Gasteiger charge is -2.22. The average molecular weight is 480 g/mol. The molecule has 34 heavy (non-hydrogen) atoms. The molecule has 0 aliphatic carbocycles. The molecule has 0 spiro atoms. The lowest BCUT2D eigenvalue weighted by atomic mass is 9.97. The number of hydrogen-bond acceptors (Lipinski definition) is 3. The van der Waals surface area contributed by atoms with Gasteiger partial charge in [-0.15, -0.1) is 0 Å². The number of carbonyl (C=O) groups excluding carboxylic acids is 2. The minimum absolute atomic E-state index is 0.144. The van der Waals surface area contributed by atoms with Gasteiger partial charge >= 0.3 is 0 Å². The van der Waals surface area contributed by atoms with Crippen molar-refractivity contribution in [3.05, 3.63) is 99.8 Å². The van der Waals surface area contributed by atoms with E-state index in [1.54, 1.807) is 36.4 Å². The van der Waals surface area contributed by atoms with E-state index in [-0.39, 0.29) is 24.2 Å². The summed E-state index contributed by atoms with van der Waals surface area (Å²) < 4.78 is 13.5. The molecule has 5 nitrogen and oxygen atoms in total. The first-order chi connectivity index (χ1) is 16.4. The van der Waals surface area contributed by atoms with Crippen LogP contribution in [0.15, 0.2) is 66.7 Å². The molecule has 2 N–H and O–H groups in total. The fourth-order valence-corrected chi connectivity index (χ4v) is 4.48. The highest BCUT2D eigenvalue weighted by atomic mass is 35.5. The van der Waals surface area contributed by atoms with Gasteiger partial charge in [0.15, 0.2) is 0 Å². The maximum Gasteiger partial charge on any atom is 0.251 e. The zero-order chi connectivity index (χ0) is 24.1. The summed E-state index contributed by atoms with van der Waals surface area (Å²) in [6.45, 7) is 3.90. The highest BCUT2D eigenvalue weighted by Gasteiger charge is 2.23. The van der Waals surface area contributed by atoms with Crippen LogP contribution in [0.1, 0.15) is 33.0 Å². The van der Waals surface area contributed by atoms with Crippen molar-refractivity contribution in [2.45, 2.75) is 19.3 Å². The fraction of sp³-hybridized carbons (Fsp3) is 0.259. The van der Waals surface area contributed by atoms with Crippen molar-refractivity contribution in [2.24, 2.45) is 0 Å². The predicted molar refractivity (Wildman–Crippen MR) is 133 cm³/mol. The Hall–Kier alpha value is -3.38. The molecule has 1 aliphatic rings. The van der Waals surface area contributed by atoms with E-state index in [1.165, 1.54) is 6.07 Å². The topological polar surface area (TPSA) is 61.4 Å². The molecule has 1 aliphatic heterocycles. The van der Waals surface area contributed by atoms with Gasteiger partial charge in [-0.1, -0.05) is 41.4 Å². The van der Waals surface area contributed by atoms with E-state index in [4.69, 9.17) is 11.6 Å². The van der Waals surface area contributed by atoms with Crippen molar-refractivity contribution >= 4 is 29.1 Å². The van der Waals surface area contributed by atoms with E-state index < -0.39 is 5.92 Å². The molecule has 0 aromatic heterocycles. The van der Waals surface area contributed by atoms with Gasteiger partial charge in [0, 0.05) is 42.5 Å². The van der Waals surface area contributed by atoms with Crippen LogP contribution in [0.5, 0.6) is 0 Å². The molecule has 176 valence electrons. The molecule has 7 heteroatoms. The Balaban J connectivity index is 1.40. The third kappa shape index (κ3) is 5.75. The SMILES string of the molecule is Cc1cccc(C(=O)NC[C@H](C(=O)NCCN2CCc3cc(F)ccc32)c2cccc(Cl)c2)c1. The molecule has 0 saturated carbocycles. The molecular weight excluding hydrogens is 453 g/mol. The molecule has 0 saturated heterocycles. The van der Waals surface area contributed by atoms with E-state index in [2.05, 4.69) is 15.5 Å². The Morgan fingerprint density at radius 2 is 1.88 bits per heavy atom. The second-order valence-electron chi connectivity index (χ2n) is 8.49. The van der Waals surface area contributed by atoms with Crippen LogP contribution >= 0.6 is 11.6 Å².